The minimum atomic E-state index is -3.69. The van der Waals surface area contributed by atoms with Crippen LogP contribution in [0.15, 0.2) is 45.0 Å². The summed E-state index contributed by atoms with van der Waals surface area (Å²) in [5.41, 5.74) is 0.540. The van der Waals surface area contributed by atoms with Crippen LogP contribution in [0, 0.1) is 5.82 Å². The summed E-state index contributed by atoms with van der Waals surface area (Å²) in [7, 11) is -3.69. The zero-order valence-electron chi connectivity index (χ0n) is 11.4. The third-order valence-electron chi connectivity index (χ3n) is 2.78. The van der Waals surface area contributed by atoms with Crippen LogP contribution in [0.4, 0.5) is 4.39 Å². The first-order chi connectivity index (χ1) is 10.9. The summed E-state index contributed by atoms with van der Waals surface area (Å²) in [6.07, 6.45) is 0. The van der Waals surface area contributed by atoms with E-state index in [4.69, 9.17) is 16.0 Å². The van der Waals surface area contributed by atoms with Crippen LogP contribution in [0.5, 0.6) is 0 Å². The number of sulfonamides is 1. The normalized spacial score (nSPS) is 11.7. The van der Waals surface area contributed by atoms with Crippen LogP contribution in [-0.2, 0) is 16.6 Å². The van der Waals surface area contributed by atoms with E-state index in [1.165, 1.54) is 36.4 Å². The molecule has 0 aliphatic carbocycles. The number of benzene rings is 1. The minimum absolute atomic E-state index is 0.0931. The number of hydrogen-bond donors (Lipinski definition) is 1. The van der Waals surface area contributed by atoms with E-state index in [1.807, 2.05) is 0 Å². The van der Waals surface area contributed by atoms with Gasteiger partial charge in [0, 0.05) is 5.56 Å². The number of rotatable bonds is 5. The van der Waals surface area contributed by atoms with Gasteiger partial charge in [-0.2, -0.15) is 0 Å². The number of halogens is 2. The predicted molar refractivity (Wildman–Crippen MR) is 83.0 cm³/mol. The van der Waals surface area contributed by atoms with Crippen LogP contribution in [0.2, 0.25) is 4.34 Å². The highest BCUT2D eigenvalue weighted by atomic mass is 35.5. The summed E-state index contributed by atoms with van der Waals surface area (Å²) in [6, 6.07) is 8.42. The first kappa shape index (κ1) is 16.1. The molecule has 3 aromatic rings. The van der Waals surface area contributed by atoms with Crippen molar-refractivity contribution >= 4 is 33.0 Å². The fourth-order valence-electron chi connectivity index (χ4n) is 1.70. The van der Waals surface area contributed by atoms with Crippen LogP contribution < -0.4 is 4.72 Å². The zero-order chi connectivity index (χ0) is 16.4. The second-order valence-corrected chi connectivity index (χ2v) is 8.10. The Balaban J connectivity index is 1.71. The van der Waals surface area contributed by atoms with E-state index < -0.39 is 10.0 Å². The van der Waals surface area contributed by atoms with Gasteiger partial charge in [-0.3, -0.25) is 0 Å². The van der Waals surface area contributed by atoms with Crippen LogP contribution in [-0.4, -0.2) is 18.6 Å². The third kappa shape index (κ3) is 3.75. The van der Waals surface area contributed by atoms with Gasteiger partial charge in [0.25, 0.3) is 10.0 Å². The molecule has 0 fully saturated rings. The lowest BCUT2D eigenvalue weighted by atomic mass is 10.2. The van der Waals surface area contributed by atoms with Crippen molar-refractivity contribution in [3.05, 3.63) is 52.4 Å². The van der Waals surface area contributed by atoms with Gasteiger partial charge < -0.3 is 4.42 Å². The summed E-state index contributed by atoms with van der Waals surface area (Å²) in [6.45, 7) is -0.161. The first-order valence-corrected chi connectivity index (χ1v) is 8.95. The molecule has 6 nitrogen and oxygen atoms in total. The van der Waals surface area contributed by atoms with Gasteiger partial charge in [-0.25, -0.2) is 17.5 Å². The summed E-state index contributed by atoms with van der Waals surface area (Å²) < 4.78 is 45.1. The zero-order valence-corrected chi connectivity index (χ0v) is 13.8. The standard InChI is InChI=1S/C13H9ClFN3O3S2/c14-10-5-6-12(22-10)23(19,20)16-7-11-17-18-13(21-11)8-1-3-9(15)4-2-8/h1-6,16H,7H2. The molecule has 23 heavy (non-hydrogen) atoms. The average Bonchev–Trinajstić information content (AvgIpc) is 3.15. The highest BCUT2D eigenvalue weighted by molar-refractivity contribution is 7.91. The van der Waals surface area contributed by atoms with E-state index in [0.717, 1.165) is 11.3 Å². The molecule has 0 aliphatic heterocycles. The Labute approximate surface area is 140 Å². The summed E-state index contributed by atoms with van der Waals surface area (Å²) >= 11 is 6.67. The van der Waals surface area contributed by atoms with Crippen molar-refractivity contribution in [3.63, 3.8) is 0 Å². The highest BCUT2D eigenvalue weighted by Gasteiger charge is 2.18. The predicted octanol–water partition coefficient (Wildman–Crippen LogP) is 3.07. The Kier molecular flexibility index (Phi) is 4.44. The van der Waals surface area contributed by atoms with Gasteiger partial charge in [0.05, 0.1) is 10.9 Å². The molecule has 1 aromatic carbocycles. The van der Waals surface area contributed by atoms with Gasteiger partial charge in [0.1, 0.15) is 10.0 Å². The lowest BCUT2D eigenvalue weighted by molar-refractivity contribution is 0.494. The summed E-state index contributed by atoms with van der Waals surface area (Å²) in [5, 5.41) is 7.56. The Morgan fingerprint density at radius 1 is 1.17 bits per heavy atom. The van der Waals surface area contributed by atoms with E-state index in [-0.39, 0.29) is 28.4 Å². The Morgan fingerprint density at radius 2 is 1.91 bits per heavy atom. The van der Waals surface area contributed by atoms with E-state index >= 15 is 0 Å². The molecule has 0 atom stereocenters. The lowest BCUT2D eigenvalue weighted by Crippen LogP contribution is -2.22. The van der Waals surface area contributed by atoms with Crippen LogP contribution in [0.1, 0.15) is 5.89 Å². The lowest BCUT2D eigenvalue weighted by Gasteiger charge is -2.01. The molecular formula is C13H9ClFN3O3S2. The molecular weight excluding hydrogens is 365 g/mol. The number of nitrogens with zero attached hydrogens (tertiary/aromatic N) is 2. The molecule has 0 bridgehead atoms. The summed E-state index contributed by atoms with van der Waals surface area (Å²) in [5.74, 6) is -0.107. The van der Waals surface area contributed by atoms with Gasteiger partial charge in [0.15, 0.2) is 0 Å². The first-order valence-electron chi connectivity index (χ1n) is 6.27. The van der Waals surface area contributed by atoms with Crippen molar-refractivity contribution in [3.8, 4) is 11.5 Å². The molecule has 3 rings (SSSR count). The number of hydrogen-bond acceptors (Lipinski definition) is 6. The number of nitrogens with one attached hydrogen (secondary N) is 1. The molecule has 0 saturated carbocycles. The van der Waals surface area contributed by atoms with Crippen molar-refractivity contribution in [1.29, 1.82) is 0 Å². The van der Waals surface area contributed by atoms with E-state index in [1.54, 1.807) is 0 Å². The molecule has 0 amide bonds. The fraction of sp³-hybridized carbons (Fsp3) is 0.0769. The molecule has 0 unspecified atom stereocenters. The maximum absolute atomic E-state index is 12.9. The SMILES string of the molecule is O=S(=O)(NCc1nnc(-c2ccc(F)cc2)o1)c1ccc(Cl)s1. The number of aromatic nitrogens is 2. The van der Waals surface area contributed by atoms with E-state index in [9.17, 15) is 12.8 Å². The van der Waals surface area contributed by atoms with Gasteiger partial charge in [-0.15, -0.1) is 21.5 Å². The molecule has 1 N–H and O–H groups in total. The van der Waals surface area contributed by atoms with Crippen LogP contribution in [0.25, 0.3) is 11.5 Å². The molecule has 0 aliphatic rings. The Hall–Kier alpha value is -1.81. The monoisotopic (exact) mass is 373 g/mol. The van der Waals surface area contributed by atoms with Gasteiger partial charge in [-0.1, -0.05) is 11.6 Å². The molecule has 0 radical (unpaired) electrons. The van der Waals surface area contributed by atoms with Gasteiger partial charge in [-0.05, 0) is 36.4 Å². The van der Waals surface area contributed by atoms with Gasteiger partial charge >= 0.3 is 0 Å². The topological polar surface area (TPSA) is 85.1 Å². The van der Waals surface area contributed by atoms with E-state index in [2.05, 4.69) is 14.9 Å². The smallest absolute Gasteiger partial charge is 0.250 e. The molecule has 2 aromatic heterocycles. The molecule has 120 valence electrons. The maximum Gasteiger partial charge on any atom is 0.250 e. The van der Waals surface area contributed by atoms with Crippen molar-refractivity contribution in [2.75, 3.05) is 0 Å². The van der Waals surface area contributed by atoms with Crippen LogP contribution >= 0.6 is 22.9 Å². The molecule has 0 saturated heterocycles. The third-order valence-corrected chi connectivity index (χ3v) is 5.91. The van der Waals surface area contributed by atoms with Crippen molar-refractivity contribution < 1.29 is 17.2 Å². The quantitative estimate of drug-likeness (QED) is 0.742. The molecule has 10 heteroatoms. The molecule has 2 heterocycles. The van der Waals surface area contributed by atoms with E-state index in [0.29, 0.717) is 9.90 Å². The average molecular weight is 374 g/mol. The Bertz CT molecular complexity index is 922. The van der Waals surface area contributed by atoms with Crippen LogP contribution in [0.3, 0.4) is 0 Å². The van der Waals surface area contributed by atoms with Crippen molar-refractivity contribution in [2.45, 2.75) is 10.8 Å². The maximum atomic E-state index is 12.9. The summed E-state index contributed by atoms with van der Waals surface area (Å²) in [4.78, 5) is 0. The second-order valence-electron chi connectivity index (χ2n) is 4.39. The number of thiophene rings is 1. The minimum Gasteiger partial charge on any atom is -0.419 e. The Morgan fingerprint density at radius 3 is 2.57 bits per heavy atom. The van der Waals surface area contributed by atoms with Crippen molar-refractivity contribution in [1.82, 2.24) is 14.9 Å². The second kappa shape index (κ2) is 6.36. The van der Waals surface area contributed by atoms with Crippen molar-refractivity contribution in [2.24, 2.45) is 0 Å². The largest absolute Gasteiger partial charge is 0.419 e. The molecule has 0 spiro atoms. The fourth-order valence-corrected chi connectivity index (χ4v) is 4.21. The highest BCUT2D eigenvalue weighted by Crippen LogP contribution is 2.25. The van der Waals surface area contributed by atoms with Gasteiger partial charge in [0.2, 0.25) is 11.8 Å².